The van der Waals surface area contributed by atoms with E-state index in [0.717, 1.165) is 30.8 Å². The van der Waals surface area contributed by atoms with Gasteiger partial charge in [-0.2, -0.15) is 0 Å². The first-order valence-electron chi connectivity index (χ1n) is 6.83. The SMILES string of the molecule is NC(=NO)c1cc(F)ccc1N1CCCc2ccccc21. The first kappa shape index (κ1) is 13.4. The highest BCUT2D eigenvalue weighted by molar-refractivity contribution is 6.03. The van der Waals surface area contributed by atoms with E-state index in [0.29, 0.717) is 5.56 Å². The predicted molar refractivity (Wildman–Crippen MR) is 80.7 cm³/mol. The number of nitrogens with two attached hydrogens (primary N) is 1. The fraction of sp³-hybridized carbons (Fsp3) is 0.188. The molecular weight excluding hydrogens is 269 g/mol. The van der Waals surface area contributed by atoms with Crippen LogP contribution in [0, 0.1) is 5.82 Å². The Kier molecular flexibility index (Phi) is 3.48. The topological polar surface area (TPSA) is 61.9 Å². The van der Waals surface area contributed by atoms with Gasteiger partial charge in [-0.05, 0) is 42.7 Å². The van der Waals surface area contributed by atoms with E-state index in [9.17, 15) is 4.39 Å². The molecule has 1 aliphatic rings. The van der Waals surface area contributed by atoms with Crippen molar-refractivity contribution in [2.24, 2.45) is 10.9 Å². The van der Waals surface area contributed by atoms with Gasteiger partial charge in [0.1, 0.15) is 5.82 Å². The highest BCUT2D eigenvalue weighted by atomic mass is 19.1. The van der Waals surface area contributed by atoms with Gasteiger partial charge in [0.2, 0.25) is 0 Å². The van der Waals surface area contributed by atoms with E-state index < -0.39 is 5.82 Å². The Morgan fingerprint density at radius 2 is 2.00 bits per heavy atom. The van der Waals surface area contributed by atoms with Crippen LogP contribution in [0.3, 0.4) is 0 Å². The summed E-state index contributed by atoms with van der Waals surface area (Å²) in [6, 6.07) is 12.5. The van der Waals surface area contributed by atoms with Gasteiger partial charge < -0.3 is 15.8 Å². The predicted octanol–water partition coefficient (Wildman–Crippen LogP) is 3.00. The monoisotopic (exact) mass is 285 g/mol. The second-order valence-electron chi connectivity index (χ2n) is 5.03. The zero-order chi connectivity index (χ0) is 14.8. The molecule has 0 fully saturated rings. The number of halogens is 1. The first-order valence-corrected chi connectivity index (χ1v) is 6.83. The van der Waals surface area contributed by atoms with Crippen molar-refractivity contribution < 1.29 is 9.60 Å². The highest BCUT2D eigenvalue weighted by Gasteiger charge is 2.21. The molecule has 0 spiro atoms. The van der Waals surface area contributed by atoms with Crippen LogP contribution in [0.25, 0.3) is 0 Å². The minimum Gasteiger partial charge on any atom is -0.409 e. The lowest BCUT2D eigenvalue weighted by molar-refractivity contribution is 0.318. The summed E-state index contributed by atoms with van der Waals surface area (Å²) in [4.78, 5) is 2.09. The van der Waals surface area contributed by atoms with E-state index in [1.54, 1.807) is 6.07 Å². The van der Waals surface area contributed by atoms with Crippen LogP contribution < -0.4 is 10.6 Å². The van der Waals surface area contributed by atoms with Crippen molar-refractivity contribution in [2.45, 2.75) is 12.8 Å². The van der Waals surface area contributed by atoms with Crippen molar-refractivity contribution in [2.75, 3.05) is 11.4 Å². The summed E-state index contributed by atoms with van der Waals surface area (Å²) in [5.41, 5.74) is 9.18. The summed E-state index contributed by atoms with van der Waals surface area (Å²) in [5, 5.41) is 11.9. The number of anilines is 2. The Morgan fingerprint density at radius 1 is 1.19 bits per heavy atom. The van der Waals surface area contributed by atoms with Crippen molar-refractivity contribution in [3.05, 3.63) is 59.4 Å². The molecular formula is C16H16FN3O. The third kappa shape index (κ3) is 2.42. The number of rotatable bonds is 2. The number of hydrogen-bond acceptors (Lipinski definition) is 3. The molecule has 0 saturated carbocycles. The molecule has 0 atom stereocenters. The molecule has 21 heavy (non-hydrogen) atoms. The van der Waals surface area contributed by atoms with Crippen molar-refractivity contribution in [1.29, 1.82) is 0 Å². The first-order chi connectivity index (χ1) is 10.2. The fourth-order valence-electron chi connectivity index (χ4n) is 2.79. The molecule has 0 aliphatic carbocycles. The van der Waals surface area contributed by atoms with Crippen LogP contribution in [0.5, 0.6) is 0 Å². The quantitative estimate of drug-likeness (QED) is 0.386. The number of oxime groups is 1. The average Bonchev–Trinajstić information content (AvgIpc) is 2.53. The van der Waals surface area contributed by atoms with Gasteiger partial charge >= 0.3 is 0 Å². The van der Waals surface area contributed by atoms with Crippen molar-refractivity contribution in [1.82, 2.24) is 0 Å². The van der Waals surface area contributed by atoms with E-state index in [4.69, 9.17) is 10.9 Å². The maximum atomic E-state index is 13.5. The zero-order valence-corrected chi connectivity index (χ0v) is 11.5. The average molecular weight is 285 g/mol. The molecule has 108 valence electrons. The Hall–Kier alpha value is -2.56. The third-order valence-electron chi connectivity index (χ3n) is 3.74. The molecule has 4 nitrogen and oxygen atoms in total. The summed E-state index contributed by atoms with van der Waals surface area (Å²) < 4.78 is 13.5. The molecule has 3 N–H and O–H groups in total. The molecule has 1 heterocycles. The van der Waals surface area contributed by atoms with Crippen LogP contribution in [-0.2, 0) is 6.42 Å². The van der Waals surface area contributed by atoms with Crippen LogP contribution >= 0.6 is 0 Å². The smallest absolute Gasteiger partial charge is 0.172 e. The summed E-state index contributed by atoms with van der Waals surface area (Å²) in [6.07, 6.45) is 2.02. The minimum absolute atomic E-state index is 0.0902. The number of para-hydroxylation sites is 1. The lowest BCUT2D eigenvalue weighted by Gasteiger charge is -2.32. The molecule has 0 amide bonds. The molecule has 2 aromatic rings. The van der Waals surface area contributed by atoms with Crippen LogP contribution in [0.2, 0.25) is 0 Å². The van der Waals surface area contributed by atoms with E-state index in [-0.39, 0.29) is 5.84 Å². The number of nitrogens with zero attached hydrogens (tertiary/aromatic N) is 2. The molecule has 0 saturated heterocycles. The summed E-state index contributed by atoms with van der Waals surface area (Å²) in [5.74, 6) is -0.502. The van der Waals surface area contributed by atoms with E-state index >= 15 is 0 Å². The van der Waals surface area contributed by atoms with Gasteiger partial charge in [-0.25, -0.2) is 4.39 Å². The normalized spacial score (nSPS) is 14.9. The van der Waals surface area contributed by atoms with Gasteiger partial charge in [0.25, 0.3) is 0 Å². The van der Waals surface area contributed by atoms with E-state index in [2.05, 4.69) is 16.1 Å². The molecule has 0 aromatic heterocycles. The summed E-state index contributed by atoms with van der Waals surface area (Å²) in [7, 11) is 0. The van der Waals surface area contributed by atoms with Crippen LogP contribution in [0.15, 0.2) is 47.6 Å². The van der Waals surface area contributed by atoms with Gasteiger partial charge in [-0.3, -0.25) is 0 Å². The van der Waals surface area contributed by atoms with Crippen molar-refractivity contribution >= 4 is 17.2 Å². The summed E-state index contributed by atoms with van der Waals surface area (Å²) in [6.45, 7) is 0.814. The Bertz CT molecular complexity index is 700. The molecule has 0 bridgehead atoms. The van der Waals surface area contributed by atoms with Crippen molar-refractivity contribution in [3.63, 3.8) is 0 Å². The van der Waals surface area contributed by atoms with Gasteiger partial charge in [0.05, 0.1) is 5.69 Å². The fourth-order valence-corrected chi connectivity index (χ4v) is 2.79. The number of hydrogen-bond donors (Lipinski definition) is 2. The number of benzene rings is 2. The Balaban J connectivity index is 2.14. The van der Waals surface area contributed by atoms with E-state index in [1.165, 1.54) is 17.7 Å². The second kappa shape index (κ2) is 5.44. The van der Waals surface area contributed by atoms with Gasteiger partial charge in [0.15, 0.2) is 5.84 Å². The second-order valence-corrected chi connectivity index (χ2v) is 5.03. The molecule has 0 unspecified atom stereocenters. The van der Waals surface area contributed by atoms with Crippen LogP contribution in [-0.4, -0.2) is 17.6 Å². The third-order valence-corrected chi connectivity index (χ3v) is 3.74. The van der Waals surface area contributed by atoms with Crippen LogP contribution in [0.4, 0.5) is 15.8 Å². The number of aryl methyl sites for hydroxylation is 1. The Morgan fingerprint density at radius 3 is 2.81 bits per heavy atom. The molecule has 3 rings (SSSR count). The molecule has 2 aromatic carbocycles. The van der Waals surface area contributed by atoms with Crippen LogP contribution in [0.1, 0.15) is 17.5 Å². The van der Waals surface area contributed by atoms with E-state index in [1.807, 2.05) is 18.2 Å². The zero-order valence-electron chi connectivity index (χ0n) is 11.5. The minimum atomic E-state index is -0.411. The van der Waals surface area contributed by atoms with Gasteiger partial charge in [-0.1, -0.05) is 23.4 Å². The number of amidine groups is 1. The van der Waals surface area contributed by atoms with Gasteiger partial charge in [-0.15, -0.1) is 0 Å². The maximum absolute atomic E-state index is 13.5. The number of fused-ring (bicyclic) bond motifs is 1. The maximum Gasteiger partial charge on any atom is 0.172 e. The largest absolute Gasteiger partial charge is 0.409 e. The molecule has 0 radical (unpaired) electrons. The van der Waals surface area contributed by atoms with Crippen molar-refractivity contribution in [3.8, 4) is 0 Å². The molecule has 5 heteroatoms. The molecule has 1 aliphatic heterocycles. The lowest BCUT2D eigenvalue weighted by Crippen LogP contribution is -2.27. The summed E-state index contributed by atoms with van der Waals surface area (Å²) >= 11 is 0. The Labute approximate surface area is 122 Å². The lowest BCUT2D eigenvalue weighted by atomic mass is 10.00. The van der Waals surface area contributed by atoms with Gasteiger partial charge in [0, 0.05) is 17.8 Å². The highest BCUT2D eigenvalue weighted by Crippen LogP contribution is 2.35. The standard InChI is InChI=1S/C16H16FN3O/c17-12-7-8-15(13(10-12)16(18)19-21)20-9-3-5-11-4-1-2-6-14(11)20/h1-2,4,6-8,10,21H,3,5,9H2,(H2,18,19).